The van der Waals surface area contributed by atoms with E-state index in [0.717, 1.165) is 63.5 Å². The van der Waals surface area contributed by atoms with Gasteiger partial charge in [0.1, 0.15) is 6.04 Å². The normalized spacial score (nSPS) is 24.8. The minimum Gasteiger partial charge on any atom is -0.480 e. The standard InChI is InChI=1S/C33H44N4O2/c38-33(39)32(27-11-5-2-6-12-27)37-22-28(29(23-37)26-9-3-1-4-10-26)21-35-18-15-25(16-19-35)17-20-36-24-34-30-13-7-8-14-31(30)36/h1,3-4,7-10,13-14,24-25,27-29,32H,2,5-6,11-12,15-23H2,(H,38,39). The first-order valence-corrected chi connectivity index (χ1v) is 15.3. The van der Waals surface area contributed by atoms with Crippen LogP contribution in [0.1, 0.15) is 62.8 Å². The number of nitrogens with zero attached hydrogens (tertiary/aromatic N) is 4. The average Bonchev–Trinajstić information content (AvgIpc) is 3.58. The van der Waals surface area contributed by atoms with Crippen LogP contribution in [0.25, 0.3) is 11.0 Å². The van der Waals surface area contributed by atoms with Crippen LogP contribution in [-0.4, -0.2) is 69.2 Å². The van der Waals surface area contributed by atoms with Gasteiger partial charge in [-0.25, -0.2) is 4.98 Å². The highest BCUT2D eigenvalue weighted by atomic mass is 16.4. The Morgan fingerprint density at radius 2 is 1.67 bits per heavy atom. The molecule has 3 heterocycles. The Bertz CT molecular complexity index is 1210. The predicted octanol–water partition coefficient (Wildman–Crippen LogP) is 5.89. The van der Waals surface area contributed by atoms with Gasteiger partial charge in [0.2, 0.25) is 0 Å². The van der Waals surface area contributed by atoms with Gasteiger partial charge in [-0.3, -0.25) is 9.69 Å². The number of para-hydroxylation sites is 2. The second-order valence-corrected chi connectivity index (χ2v) is 12.4. The topological polar surface area (TPSA) is 61.6 Å². The van der Waals surface area contributed by atoms with Gasteiger partial charge in [0.05, 0.1) is 17.4 Å². The van der Waals surface area contributed by atoms with Crippen molar-refractivity contribution in [2.75, 3.05) is 32.7 Å². The van der Waals surface area contributed by atoms with Gasteiger partial charge in [-0.1, -0.05) is 61.7 Å². The van der Waals surface area contributed by atoms with Crippen molar-refractivity contribution in [1.29, 1.82) is 0 Å². The number of carboxylic acids is 1. The maximum atomic E-state index is 12.5. The molecule has 2 aromatic carbocycles. The van der Waals surface area contributed by atoms with Crippen molar-refractivity contribution in [1.82, 2.24) is 19.4 Å². The number of carboxylic acid groups (broad SMARTS) is 1. The molecule has 0 amide bonds. The number of carbonyl (C=O) groups is 1. The zero-order valence-electron chi connectivity index (χ0n) is 23.2. The number of benzene rings is 2. The molecule has 6 nitrogen and oxygen atoms in total. The van der Waals surface area contributed by atoms with E-state index in [1.165, 1.54) is 49.6 Å². The summed E-state index contributed by atoms with van der Waals surface area (Å²) in [5.74, 6) is 1.33. The molecule has 0 radical (unpaired) electrons. The van der Waals surface area contributed by atoms with Gasteiger partial charge in [-0.05, 0) is 80.6 Å². The maximum absolute atomic E-state index is 12.5. The zero-order chi connectivity index (χ0) is 26.6. The molecule has 1 aliphatic carbocycles. The number of likely N-dealkylation sites (tertiary alicyclic amines) is 2. The summed E-state index contributed by atoms with van der Waals surface area (Å²) in [6.07, 6.45) is 11.4. The molecule has 2 saturated heterocycles. The highest BCUT2D eigenvalue weighted by molar-refractivity contribution is 5.75. The molecule has 1 N–H and O–H groups in total. The fourth-order valence-corrected chi connectivity index (χ4v) is 7.80. The lowest BCUT2D eigenvalue weighted by Gasteiger charge is -2.35. The number of aliphatic carboxylic acids is 1. The summed E-state index contributed by atoms with van der Waals surface area (Å²) in [5.41, 5.74) is 3.69. The van der Waals surface area contributed by atoms with E-state index in [-0.39, 0.29) is 6.04 Å². The molecule has 2 aliphatic heterocycles. The lowest BCUT2D eigenvalue weighted by Crippen LogP contribution is -2.46. The van der Waals surface area contributed by atoms with Gasteiger partial charge in [0, 0.05) is 32.1 Å². The van der Waals surface area contributed by atoms with E-state index in [9.17, 15) is 9.90 Å². The average molecular weight is 529 g/mol. The van der Waals surface area contributed by atoms with Crippen LogP contribution in [0.5, 0.6) is 0 Å². The number of aromatic nitrogens is 2. The first kappa shape index (κ1) is 26.5. The van der Waals surface area contributed by atoms with E-state index in [2.05, 4.69) is 73.9 Å². The highest BCUT2D eigenvalue weighted by Crippen LogP contribution is 2.38. The molecule has 3 aromatic rings. The van der Waals surface area contributed by atoms with Gasteiger partial charge in [0.15, 0.2) is 0 Å². The predicted molar refractivity (Wildman–Crippen MR) is 156 cm³/mol. The molecule has 208 valence electrons. The van der Waals surface area contributed by atoms with Crippen molar-refractivity contribution < 1.29 is 9.90 Å². The van der Waals surface area contributed by atoms with Crippen molar-refractivity contribution >= 4 is 17.0 Å². The molecule has 6 heteroatoms. The van der Waals surface area contributed by atoms with E-state index in [4.69, 9.17) is 0 Å². The lowest BCUT2D eigenvalue weighted by molar-refractivity contribution is -0.145. The van der Waals surface area contributed by atoms with Crippen LogP contribution < -0.4 is 0 Å². The molecule has 1 saturated carbocycles. The molecule has 3 aliphatic rings. The van der Waals surface area contributed by atoms with Crippen molar-refractivity contribution in [2.45, 2.75) is 69.9 Å². The number of piperidine rings is 1. The quantitative estimate of drug-likeness (QED) is 0.375. The van der Waals surface area contributed by atoms with Gasteiger partial charge in [0.25, 0.3) is 0 Å². The summed E-state index contributed by atoms with van der Waals surface area (Å²) in [4.78, 5) is 22.1. The molecule has 0 spiro atoms. The molecular weight excluding hydrogens is 484 g/mol. The van der Waals surface area contributed by atoms with Crippen LogP contribution in [-0.2, 0) is 11.3 Å². The number of fused-ring (bicyclic) bond motifs is 1. The third-order valence-electron chi connectivity index (χ3n) is 9.95. The number of imidazole rings is 1. The number of hydrogen-bond donors (Lipinski definition) is 1. The summed E-state index contributed by atoms with van der Waals surface area (Å²) >= 11 is 0. The zero-order valence-corrected chi connectivity index (χ0v) is 23.2. The van der Waals surface area contributed by atoms with Gasteiger partial charge in [-0.2, -0.15) is 0 Å². The van der Waals surface area contributed by atoms with Crippen LogP contribution >= 0.6 is 0 Å². The minimum absolute atomic E-state index is 0.301. The molecule has 39 heavy (non-hydrogen) atoms. The van der Waals surface area contributed by atoms with Crippen molar-refractivity contribution in [3.8, 4) is 0 Å². The third kappa shape index (κ3) is 6.07. The molecule has 6 rings (SSSR count). The third-order valence-corrected chi connectivity index (χ3v) is 9.95. The Morgan fingerprint density at radius 1 is 0.923 bits per heavy atom. The Labute approximate surface area is 233 Å². The Morgan fingerprint density at radius 3 is 2.44 bits per heavy atom. The molecule has 0 bridgehead atoms. The number of aryl methyl sites for hydroxylation is 1. The van der Waals surface area contributed by atoms with Crippen LogP contribution in [0.15, 0.2) is 60.9 Å². The molecule has 3 unspecified atom stereocenters. The van der Waals surface area contributed by atoms with Gasteiger partial charge >= 0.3 is 5.97 Å². The van der Waals surface area contributed by atoms with Crippen molar-refractivity contribution in [2.24, 2.45) is 17.8 Å². The van der Waals surface area contributed by atoms with E-state index in [0.29, 0.717) is 17.8 Å². The first-order valence-electron chi connectivity index (χ1n) is 15.3. The first-order chi connectivity index (χ1) is 19.2. The molecular formula is C33H44N4O2. The van der Waals surface area contributed by atoms with Crippen LogP contribution in [0.4, 0.5) is 0 Å². The van der Waals surface area contributed by atoms with Crippen LogP contribution in [0, 0.1) is 17.8 Å². The Hall–Kier alpha value is -2.70. The molecule has 3 atom stereocenters. The van der Waals surface area contributed by atoms with Crippen molar-refractivity contribution in [3.63, 3.8) is 0 Å². The van der Waals surface area contributed by atoms with Gasteiger partial charge < -0.3 is 14.6 Å². The lowest BCUT2D eigenvalue weighted by atomic mass is 9.83. The summed E-state index contributed by atoms with van der Waals surface area (Å²) in [6, 6.07) is 19.0. The summed E-state index contributed by atoms with van der Waals surface area (Å²) in [6.45, 7) is 6.19. The Balaban J connectivity index is 1.07. The summed E-state index contributed by atoms with van der Waals surface area (Å²) in [5, 5.41) is 10.3. The number of rotatable bonds is 9. The van der Waals surface area contributed by atoms with E-state index >= 15 is 0 Å². The largest absolute Gasteiger partial charge is 0.480 e. The van der Waals surface area contributed by atoms with Crippen LogP contribution in [0.3, 0.4) is 0 Å². The monoisotopic (exact) mass is 528 g/mol. The Kier molecular flexibility index (Phi) is 8.31. The molecule has 3 fully saturated rings. The van der Waals surface area contributed by atoms with Crippen LogP contribution in [0.2, 0.25) is 0 Å². The van der Waals surface area contributed by atoms with E-state index in [1.807, 2.05) is 6.33 Å². The second-order valence-electron chi connectivity index (χ2n) is 12.4. The second kappa shape index (κ2) is 12.2. The molecule has 1 aromatic heterocycles. The fraction of sp³-hybridized carbons (Fsp3) is 0.576. The van der Waals surface area contributed by atoms with E-state index < -0.39 is 5.97 Å². The maximum Gasteiger partial charge on any atom is 0.321 e. The van der Waals surface area contributed by atoms with E-state index in [1.54, 1.807) is 0 Å². The van der Waals surface area contributed by atoms with Gasteiger partial charge in [-0.15, -0.1) is 0 Å². The fourth-order valence-electron chi connectivity index (χ4n) is 7.80. The highest BCUT2D eigenvalue weighted by Gasteiger charge is 2.43. The number of hydrogen-bond acceptors (Lipinski definition) is 4. The minimum atomic E-state index is -0.610. The summed E-state index contributed by atoms with van der Waals surface area (Å²) in [7, 11) is 0. The smallest absolute Gasteiger partial charge is 0.321 e. The summed E-state index contributed by atoms with van der Waals surface area (Å²) < 4.78 is 2.31. The van der Waals surface area contributed by atoms with Crippen molar-refractivity contribution in [3.05, 3.63) is 66.5 Å². The SMILES string of the molecule is O=C(O)C(C1CCCCC1)N1CC(CN2CCC(CCn3cnc4ccccc43)CC2)C(c2ccccc2)C1.